The normalized spacial score (nSPS) is 11.0. The molecule has 0 heterocycles. The number of carbonyl (C=O) groups excluding carboxylic acids is 2. The van der Waals surface area contributed by atoms with Gasteiger partial charge in [-0.2, -0.15) is 0 Å². The number of amides is 1. The predicted octanol–water partition coefficient (Wildman–Crippen LogP) is 5.60. The number of Topliss-reactive ketones (excluding diaryl/α,β-unsaturated/α-hetero) is 1. The number of nitrogens with one attached hydrogen (secondary N) is 2. The maximum absolute atomic E-state index is 11.8. The summed E-state index contributed by atoms with van der Waals surface area (Å²) in [7, 11) is 1.63. The molecule has 0 saturated heterocycles. The molecule has 0 aromatic heterocycles. The van der Waals surface area contributed by atoms with Gasteiger partial charge in [0.2, 0.25) is 5.91 Å². The van der Waals surface area contributed by atoms with Crippen molar-refractivity contribution in [1.29, 1.82) is 5.41 Å². The summed E-state index contributed by atoms with van der Waals surface area (Å²) in [4.78, 5) is 24.3. The molecule has 0 aromatic rings. The quantitative estimate of drug-likeness (QED) is 0.146. The summed E-state index contributed by atoms with van der Waals surface area (Å²) in [6.45, 7) is 3.87. The van der Waals surface area contributed by atoms with E-state index < -0.39 is 0 Å². The van der Waals surface area contributed by atoms with Gasteiger partial charge in [-0.3, -0.25) is 20.3 Å². The van der Waals surface area contributed by atoms with Crippen LogP contribution in [0.4, 0.5) is 0 Å². The molecular weight excluding hydrogens is 350 g/mol. The minimum absolute atomic E-state index is 0.00653. The number of likely N-dealkylation sites (N-methyl/N-ethyl adjacent to an activating group) is 1. The molecule has 0 rings (SSSR count). The number of guanidine groups is 1. The molecule has 28 heavy (non-hydrogen) atoms. The zero-order valence-electron chi connectivity index (χ0n) is 18.5. The standard InChI is InChI=1S/C23H43N3O2/c1-4-5-6-7-8-9-10-11-12-13-14-15-16-17-18-19-22(28)25-23(24)26(3)20-21(2)27/h11-12H,4-10,13-20H2,1-3H3,(H2,24,25,28)/b12-11-. The molecule has 0 radical (unpaired) electrons. The maximum Gasteiger partial charge on any atom is 0.226 e. The lowest BCUT2D eigenvalue weighted by Gasteiger charge is -2.18. The molecule has 0 atom stereocenters. The zero-order chi connectivity index (χ0) is 21.0. The molecule has 0 fully saturated rings. The number of ketones is 1. The topological polar surface area (TPSA) is 73.3 Å². The third-order valence-corrected chi connectivity index (χ3v) is 4.77. The number of unbranched alkanes of at least 4 members (excludes halogenated alkanes) is 11. The van der Waals surface area contributed by atoms with Crippen LogP contribution in [0.1, 0.15) is 104 Å². The Balaban J connectivity index is 3.45. The number of nitrogens with zero attached hydrogens (tertiary/aromatic N) is 1. The fourth-order valence-corrected chi connectivity index (χ4v) is 3.06. The number of rotatable bonds is 17. The molecule has 0 aliphatic heterocycles. The molecule has 0 bridgehead atoms. The van der Waals surface area contributed by atoms with Crippen molar-refractivity contribution in [3.63, 3.8) is 0 Å². The summed E-state index contributed by atoms with van der Waals surface area (Å²) in [5, 5.41) is 10.3. The van der Waals surface area contributed by atoms with Gasteiger partial charge < -0.3 is 4.90 Å². The summed E-state index contributed by atoms with van der Waals surface area (Å²) < 4.78 is 0. The van der Waals surface area contributed by atoms with Gasteiger partial charge >= 0.3 is 0 Å². The number of hydrogen-bond acceptors (Lipinski definition) is 3. The van der Waals surface area contributed by atoms with Crippen molar-refractivity contribution in [3.8, 4) is 0 Å². The Kier molecular flexibility index (Phi) is 17.6. The molecule has 5 heteroatoms. The smallest absolute Gasteiger partial charge is 0.226 e. The van der Waals surface area contributed by atoms with Crippen LogP contribution >= 0.6 is 0 Å². The minimum Gasteiger partial charge on any atom is -0.339 e. The highest BCUT2D eigenvalue weighted by atomic mass is 16.2. The summed E-state index contributed by atoms with van der Waals surface area (Å²) in [5.74, 6) is -0.176. The molecule has 0 aliphatic rings. The zero-order valence-corrected chi connectivity index (χ0v) is 18.5. The van der Waals surface area contributed by atoms with E-state index >= 15 is 0 Å². The van der Waals surface area contributed by atoms with Gasteiger partial charge in [0.1, 0.15) is 5.78 Å². The molecule has 0 saturated carbocycles. The first-order valence-electron chi connectivity index (χ1n) is 11.2. The fraction of sp³-hybridized carbons (Fsp3) is 0.783. The molecule has 2 N–H and O–H groups in total. The Hall–Kier alpha value is -1.65. The van der Waals surface area contributed by atoms with Crippen molar-refractivity contribution in [1.82, 2.24) is 10.2 Å². The van der Waals surface area contributed by atoms with E-state index in [1.54, 1.807) is 7.05 Å². The van der Waals surface area contributed by atoms with Crippen molar-refractivity contribution in [2.75, 3.05) is 13.6 Å². The van der Waals surface area contributed by atoms with Crippen molar-refractivity contribution in [2.24, 2.45) is 0 Å². The average molecular weight is 394 g/mol. The van der Waals surface area contributed by atoms with Gasteiger partial charge in [0, 0.05) is 13.5 Å². The van der Waals surface area contributed by atoms with Crippen molar-refractivity contribution in [3.05, 3.63) is 12.2 Å². The van der Waals surface area contributed by atoms with Crippen molar-refractivity contribution in [2.45, 2.75) is 104 Å². The SMILES string of the molecule is CCCCCCCC/C=C\CCCCCCCC(=O)NC(=N)N(C)CC(C)=O. The molecule has 162 valence electrons. The Morgan fingerprint density at radius 3 is 1.89 bits per heavy atom. The lowest BCUT2D eigenvalue weighted by molar-refractivity contribution is -0.120. The van der Waals surface area contributed by atoms with E-state index in [0.717, 1.165) is 25.7 Å². The molecule has 1 amide bonds. The van der Waals surface area contributed by atoms with Gasteiger partial charge in [0.25, 0.3) is 0 Å². The van der Waals surface area contributed by atoms with Crippen LogP contribution in [0, 0.1) is 5.41 Å². The van der Waals surface area contributed by atoms with Crippen LogP contribution in [-0.4, -0.2) is 36.1 Å². The minimum atomic E-state index is -0.141. The van der Waals surface area contributed by atoms with Gasteiger partial charge in [0.15, 0.2) is 5.96 Å². The fourth-order valence-electron chi connectivity index (χ4n) is 3.06. The average Bonchev–Trinajstić information content (AvgIpc) is 2.64. The van der Waals surface area contributed by atoms with E-state index in [2.05, 4.69) is 24.4 Å². The van der Waals surface area contributed by atoms with E-state index in [9.17, 15) is 9.59 Å². The van der Waals surface area contributed by atoms with Gasteiger partial charge in [0.05, 0.1) is 6.54 Å². The third kappa shape index (κ3) is 17.7. The number of hydrogen-bond donors (Lipinski definition) is 2. The highest BCUT2D eigenvalue weighted by molar-refractivity contribution is 5.96. The second kappa shape index (κ2) is 18.7. The number of allylic oxidation sites excluding steroid dienone is 2. The van der Waals surface area contributed by atoms with E-state index in [0.29, 0.717) is 6.42 Å². The van der Waals surface area contributed by atoms with Crippen LogP contribution in [0.25, 0.3) is 0 Å². The lowest BCUT2D eigenvalue weighted by atomic mass is 10.1. The van der Waals surface area contributed by atoms with Gasteiger partial charge in [-0.25, -0.2) is 0 Å². The van der Waals surface area contributed by atoms with E-state index in [1.807, 2.05) is 0 Å². The van der Waals surface area contributed by atoms with Gasteiger partial charge in [-0.05, 0) is 39.0 Å². The first-order valence-corrected chi connectivity index (χ1v) is 11.2. The summed E-state index contributed by atoms with van der Waals surface area (Å²) in [6, 6.07) is 0. The van der Waals surface area contributed by atoms with E-state index in [4.69, 9.17) is 5.41 Å². The van der Waals surface area contributed by atoms with Crippen LogP contribution in [0.15, 0.2) is 12.2 Å². The second-order valence-electron chi connectivity index (χ2n) is 7.79. The third-order valence-electron chi connectivity index (χ3n) is 4.77. The van der Waals surface area contributed by atoms with Crippen LogP contribution in [0.2, 0.25) is 0 Å². The van der Waals surface area contributed by atoms with Crippen molar-refractivity contribution >= 4 is 17.6 Å². The highest BCUT2D eigenvalue weighted by Gasteiger charge is 2.10. The first kappa shape index (κ1) is 26.4. The van der Waals surface area contributed by atoms with Crippen molar-refractivity contribution < 1.29 is 9.59 Å². The predicted molar refractivity (Wildman–Crippen MR) is 119 cm³/mol. The van der Waals surface area contributed by atoms with Gasteiger partial charge in [-0.1, -0.05) is 70.4 Å². The second-order valence-corrected chi connectivity index (χ2v) is 7.79. The van der Waals surface area contributed by atoms with Crippen LogP contribution in [-0.2, 0) is 9.59 Å². The molecule has 0 aromatic carbocycles. The lowest BCUT2D eigenvalue weighted by Crippen LogP contribution is -2.43. The van der Waals surface area contributed by atoms with Crippen LogP contribution in [0.5, 0.6) is 0 Å². The van der Waals surface area contributed by atoms with E-state index in [-0.39, 0.29) is 24.2 Å². The molecular formula is C23H43N3O2. The van der Waals surface area contributed by atoms with Gasteiger partial charge in [-0.15, -0.1) is 0 Å². The Bertz CT molecular complexity index is 461. The highest BCUT2D eigenvalue weighted by Crippen LogP contribution is 2.10. The maximum atomic E-state index is 11.8. The Morgan fingerprint density at radius 1 is 0.857 bits per heavy atom. The number of carbonyl (C=O) groups is 2. The molecule has 5 nitrogen and oxygen atoms in total. The Labute approximate surface area is 172 Å². The Morgan fingerprint density at radius 2 is 1.36 bits per heavy atom. The molecule has 0 spiro atoms. The summed E-state index contributed by atoms with van der Waals surface area (Å²) >= 11 is 0. The summed E-state index contributed by atoms with van der Waals surface area (Å²) in [5.41, 5.74) is 0. The van der Waals surface area contributed by atoms with E-state index in [1.165, 1.54) is 69.6 Å². The summed E-state index contributed by atoms with van der Waals surface area (Å²) in [6.07, 6.45) is 21.1. The monoisotopic (exact) mass is 393 g/mol. The molecule has 0 unspecified atom stereocenters. The first-order chi connectivity index (χ1) is 13.5. The van der Waals surface area contributed by atoms with Crippen LogP contribution in [0.3, 0.4) is 0 Å². The van der Waals surface area contributed by atoms with Crippen LogP contribution < -0.4 is 5.32 Å². The largest absolute Gasteiger partial charge is 0.339 e. The molecule has 0 aliphatic carbocycles.